The fraction of sp³-hybridized carbons (Fsp3) is 0.500. The van der Waals surface area contributed by atoms with Crippen LogP contribution in [0.2, 0.25) is 0 Å². The summed E-state index contributed by atoms with van der Waals surface area (Å²) in [5.41, 5.74) is 0.153. The van der Waals surface area contributed by atoms with Crippen molar-refractivity contribution in [2.75, 3.05) is 18.6 Å². The Labute approximate surface area is 115 Å². The molecule has 3 nitrogen and oxygen atoms in total. The van der Waals surface area contributed by atoms with E-state index < -0.39 is 16.6 Å². The van der Waals surface area contributed by atoms with Crippen molar-refractivity contribution in [3.8, 4) is 5.75 Å². The van der Waals surface area contributed by atoms with E-state index in [9.17, 15) is 13.4 Å². The van der Waals surface area contributed by atoms with Gasteiger partial charge in [0.2, 0.25) is 0 Å². The van der Waals surface area contributed by atoms with Gasteiger partial charge in [-0.15, -0.1) is 0 Å². The van der Waals surface area contributed by atoms with E-state index in [0.717, 1.165) is 12.5 Å². The molecule has 0 saturated heterocycles. The Morgan fingerprint density at radius 2 is 2.16 bits per heavy atom. The number of halogens is 1. The third-order valence-electron chi connectivity index (χ3n) is 2.92. The molecule has 0 spiro atoms. The molecule has 0 N–H and O–H groups in total. The van der Waals surface area contributed by atoms with Crippen LogP contribution in [0.3, 0.4) is 0 Å². The average molecular weight is 286 g/mol. The van der Waals surface area contributed by atoms with E-state index in [1.54, 1.807) is 0 Å². The zero-order chi connectivity index (χ0) is 14.4. The number of hydrogen-bond acceptors (Lipinski definition) is 3. The molecule has 0 aliphatic rings. The molecule has 0 saturated carbocycles. The van der Waals surface area contributed by atoms with Crippen molar-refractivity contribution in [1.82, 2.24) is 0 Å². The third-order valence-corrected chi connectivity index (χ3v) is 4.45. The second-order valence-electron chi connectivity index (χ2n) is 4.53. The van der Waals surface area contributed by atoms with Crippen molar-refractivity contribution < 1.29 is 18.1 Å². The van der Waals surface area contributed by atoms with E-state index in [4.69, 9.17) is 4.74 Å². The molecule has 0 amide bonds. The van der Waals surface area contributed by atoms with E-state index in [1.807, 2.05) is 13.8 Å². The number of rotatable bonds is 7. The lowest BCUT2D eigenvalue weighted by Crippen LogP contribution is -2.17. The van der Waals surface area contributed by atoms with Gasteiger partial charge in [-0.2, -0.15) is 0 Å². The molecule has 0 aliphatic heterocycles. The van der Waals surface area contributed by atoms with Crippen molar-refractivity contribution in [3.05, 3.63) is 29.6 Å². The van der Waals surface area contributed by atoms with Crippen LogP contribution >= 0.6 is 0 Å². The van der Waals surface area contributed by atoms with Crippen LogP contribution in [0.4, 0.5) is 4.39 Å². The van der Waals surface area contributed by atoms with Crippen LogP contribution in [0.1, 0.15) is 30.6 Å². The molecule has 0 heterocycles. The highest BCUT2D eigenvalue weighted by Crippen LogP contribution is 2.20. The van der Waals surface area contributed by atoms with Gasteiger partial charge in [-0.25, -0.2) is 4.39 Å². The Bertz CT molecular complexity index is 474. The first kappa shape index (κ1) is 15.8. The van der Waals surface area contributed by atoms with Crippen LogP contribution in [0.15, 0.2) is 18.2 Å². The molecule has 0 bridgehead atoms. The first-order chi connectivity index (χ1) is 8.97. The second kappa shape index (κ2) is 7.38. The van der Waals surface area contributed by atoms with Crippen molar-refractivity contribution in [3.63, 3.8) is 0 Å². The third kappa shape index (κ3) is 4.74. The summed E-state index contributed by atoms with van der Waals surface area (Å²) in [5, 5.41) is 0. The minimum atomic E-state index is -1.22. The second-order valence-corrected chi connectivity index (χ2v) is 6.03. The molecule has 5 heteroatoms. The lowest BCUT2D eigenvalue weighted by Gasteiger charge is -2.09. The molecule has 0 aromatic heterocycles. The Morgan fingerprint density at radius 3 is 2.74 bits per heavy atom. The molecule has 19 heavy (non-hydrogen) atoms. The SMILES string of the molecule is CCC(C)CS(=O)CC(=O)c1cc(F)ccc1OC. The van der Waals surface area contributed by atoms with Gasteiger partial charge in [0.1, 0.15) is 11.6 Å². The number of carbonyl (C=O) groups excluding carboxylic acids is 1. The maximum absolute atomic E-state index is 13.2. The van der Waals surface area contributed by atoms with Crippen LogP contribution in [-0.2, 0) is 10.8 Å². The summed E-state index contributed by atoms with van der Waals surface area (Å²) in [6.07, 6.45) is 0.920. The van der Waals surface area contributed by atoms with Crippen LogP contribution < -0.4 is 4.74 Å². The van der Waals surface area contributed by atoms with Gasteiger partial charge in [-0.3, -0.25) is 9.00 Å². The predicted molar refractivity (Wildman–Crippen MR) is 74.6 cm³/mol. The van der Waals surface area contributed by atoms with Gasteiger partial charge < -0.3 is 4.74 Å². The molecule has 1 aromatic carbocycles. The Balaban J connectivity index is 2.78. The van der Waals surface area contributed by atoms with Gasteiger partial charge in [0, 0.05) is 16.6 Å². The average Bonchev–Trinajstić information content (AvgIpc) is 2.38. The van der Waals surface area contributed by atoms with Crippen LogP contribution in [0, 0.1) is 11.7 Å². The summed E-state index contributed by atoms with van der Waals surface area (Å²) in [7, 11) is 0.192. The smallest absolute Gasteiger partial charge is 0.179 e. The first-order valence-corrected chi connectivity index (χ1v) is 7.68. The molecular weight excluding hydrogens is 267 g/mol. The summed E-state index contributed by atoms with van der Waals surface area (Å²) in [5.74, 6) is 0.161. The van der Waals surface area contributed by atoms with Crippen LogP contribution in [0.5, 0.6) is 5.75 Å². The number of ether oxygens (including phenoxy) is 1. The number of carbonyl (C=O) groups is 1. The van der Waals surface area contributed by atoms with E-state index >= 15 is 0 Å². The van der Waals surface area contributed by atoms with E-state index in [0.29, 0.717) is 17.4 Å². The summed E-state index contributed by atoms with van der Waals surface area (Å²) in [6.45, 7) is 4.00. The Morgan fingerprint density at radius 1 is 1.47 bits per heavy atom. The minimum absolute atomic E-state index is 0.0931. The highest BCUT2D eigenvalue weighted by molar-refractivity contribution is 7.85. The maximum atomic E-state index is 13.2. The molecule has 0 aliphatic carbocycles. The first-order valence-electron chi connectivity index (χ1n) is 6.19. The quantitative estimate of drug-likeness (QED) is 0.724. The Kier molecular flexibility index (Phi) is 6.15. The normalized spacial score (nSPS) is 13.9. The largest absolute Gasteiger partial charge is 0.496 e. The van der Waals surface area contributed by atoms with Gasteiger partial charge in [0.05, 0.1) is 18.4 Å². The minimum Gasteiger partial charge on any atom is -0.496 e. The number of benzene rings is 1. The predicted octanol–water partition coefficient (Wildman–Crippen LogP) is 2.81. The molecule has 1 rings (SSSR count). The summed E-state index contributed by atoms with van der Waals surface area (Å²) < 4.78 is 30.0. The highest BCUT2D eigenvalue weighted by Gasteiger charge is 2.17. The molecule has 2 unspecified atom stereocenters. The van der Waals surface area contributed by atoms with Gasteiger partial charge in [0.25, 0.3) is 0 Å². The number of Topliss-reactive ketones (excluding diaryl/α,β-unsaturated/α-hetero) is 1. The molecule has 1 aromatic rings. The van der Waals surface area contributed by atoms with E-state index in [-0.39, 0.29) is 17.1 Å². The zero-order valence-electron chi connectivity index (χ0n) is 11.4. The topological polar surface area (TPSA) is 43.4 Å². The molecule has 2 atom stereocenters. The maximum Gasteiger partial charge on any atom is 0.179 e. The molecule has 0 radical (unpaired) electrons. The molecule has 106 valence electrons. The molecular formula is C14H19FO3S. The zero-order valence-corrected chi connectivity index (χ0v) is 12.3. The Hall–Kier alpha value is -1.23. The van der Waals surface area contributed by atoms with Crippen molar-refractivity contribution in [2.45, 2.75) is 20.3 Å². The van der Waals surface area contributed by atoms with Crippen molar-refractivity contribution in [2.24, 2.45) is 5.92 Å². The fourth-order valence-corrected chi connectivity index (χ4v) is 3.05. The van der Waals surface area contributed by atoms with Crippen LogP contribution in [0.25, 0.3) is 0 Å². The fourth-order valence-electron chi connectivity index (χ4n) is 1.62. The van der Waals surface area contributed by atoms with Crippen LogP contribution in [-0.4, -0.2) is 28.6 Å². The monoisotopic (exact) mass is 286 g/mol. The van der Waals surface area contributed by atoms with Gasteiger partial charge >= 0.3 is 0 Å². The highest BCUT2D eigenvalue weighted by atomic mass is 32.2. The summed E-state index contributed by atoms with van der Waals surface area (Å²) >= 11 is 0. The summed E-state index contributed by atoms with van der Waals surface area (Å²) in [4.78, 5) is 12.0. The van der Waals surface area contributed by atoms with Gasteiger partial charge in [-0.1, -0.05) is 20.3 Å². The number of ketones is 1. The standard InChI is InChI=1S/C14H19FO3S/c1-4-10(2)8-19(17)9-13(16)12-7-11(15)5-6-14(12)18-3/h5-7,10H,4,8-9H2,1-3H3. The lowest BCUT2D eigenvalue weighted by molar-refractivity contribution is 0.101. The van der Waals surface area contributed by atoms with Gasteiger partial charge in [-0.05, 0) is 24.1 Å². The summed E-state index contributed by atoms with van der Waals surface area (Å²) in [6, 6.07) is 3.76. The molecule has 0 fully saturated rings. The number of methoxy groups -OCH3 is 1. The number of hydrogen-bond donors (Lipinski definition) is 0. The van der Waals surface area contributed by atoms with E-state index in [2.05, 4.69) is 0 Å². The lowest BCUT2D eigenvalue weighted by atomic mass is 10.1. The van der Waals surface area contributed by atoms with Crippen molar-refractivity contribution in [1.29, 1.82) is 0 Å². The van der Waals surface area contributed by atoms with Crippen molar-refractivity contribution >= 4 is 16.6 Å². The van der Waals surface area contributed by atoms with E-state index in [1.165, 1.54) is 19.2 Å². The van der Waals surface area contributed by atoms with Gasteiger partial charge in [0.15, 0.2) is 5.78 Å².